The van der Waals surface area contributed by atoms with E-state index >= 15 is 0 Å². The van der Waals surface area contributed by atoms with Crippen LogP contribution in [0.2, 0.25) is 0 Å². The Bertz CT molecular complexity index is 1210. The van der Waals surface area contributed by atoms with Crippen molar-refractivity contribution in [3.8, 4) is 11.5 Å². The Morgan fingerprint density at radius 1 is 1.17 bits per heavy atom. The van der Waals surface area contributed by atoms with Gasteiger partial charge in [0.1, 0.15) is 11.9 Å². The average molecular weight is 487 g/mol. The molecule has 35 heavy (non-hydrogen) atoms. The first-order valence-corrected chi connectivity index (χ1v) is 11.1. The van der Waals surface area contributed by atoms with Gasteiger partial charge in [0.05, 0.1) is 5.92 Å². The number of piperidine rings is 1. The van der Waals surface area contributed by atoms with Crippen molar-refractivity contribution >= 4 is 23.7 Å². The summed E-state index contributed by atoms with van der Waals surface area (Å²) in [6.07, 6.45) is -0.673. The van der Waals surface area contributed by atoms with Crippen molar-refractivity contribution in [1.82, 2.24) is 14.8 Å². The molecule has 2 saturated heterocycles. The molecule has 5 rings (SSSR count). The lowest BCUT2D eigenvalue weighted by Gasteiger charge is -2.46. The van der Waals surface area contributed by atoms with Crippen molar-refractivity contribution < 1.29 is 32.6 Å². The van der Waals surface area contributed by atoms with Crippen molar-refractivity contribution in [1.29, 1.82) is 0 Å². The largest absolute Gasteiger partial charge is 0.586 e. The normalized spacial score (nSPS) is 24.7. The van der Waals surface area contributed by atoms with Gasteiger partial charge in [-0.3, -0.25) is 14.5 Å². The van der Waals surface area contributed by atoms with E-state index in [4.69, 9.17) is 11.5 Å². The highest BCUT2D eigenvalue weighted by molar-refractivity contribution is 6.08. The fourth-order valence-electron chi connectivity index (χ4n) is 4.96. The number of amides is 4. The summed E-state index contributed by atoms with van der Waals surface area (Å²) in [6, 6.07) is 6.16. The van der Waals surface area contributed by atoms with Gasteiger partial charge >= 0.3 is 12.3 Å². The number of ether oxygens (including phenoxy) is 2. The number of carbonyl (C=O) groups is 3. The molecule has 2 fully saturated rings. The molecule has 10 nitrogen and oxygen atoms in total. The van der Waals surface area contributed by atoms with E-state index < -0.39 is 36.1 Å². The Morgan fingerprint density at radius 3 is 2.69 bits per heavy atom. The van der Waals surface area contributed by atoms with Gasteiger partial charge in [-0.25, -0.2) is 9.78 Å². The minimum absolute atomic E-state index is 0.0556. The highest BCUT2D eigenvalue weighted by Crippen LogP contribution is 2.43. The third kappa shape index (κ3) is 4.19. The molecule has 2 aromatic rings. The molecular weight excluding hydrogens is 464 g/mol. The Morgan fingerprint density at radius 2 is 1.94 bits per heavy atom. The number of nitrogen functional groups attached to an aromatic ring is 1. The quantitative estimate of drug-likeness (QED) is 0.627. The molecule has 4 amide bonds. The number of β-lactam (4-membered cyclic amide) rings is 1. The van der Waals surface area contributed by atoms with Crippen LogP contribution in [0.1, 0.15) is 29.9 Å². The zero-order valence-electron chi connectivity index (χ0n) is 18.5. The Balaban J connectivity index is 1.29. The van der Waals surface area contributed by atoms with E-state index in [0.717, 1.165) is 4.90 Å². The summed E-state index contributed by atoms with van der Waals surface area (Å²) < 4.78 is 35.7. The minimum atomic E-state index is -3.71. The molecule has 0 spiro atoms. The van der Waals surface area contributed by atoms with Crippen molar-refractivity contribution in [2.24, 2.45) is 11.7 Å². The van der Waals surface area contributed by atoms with Gasteiger partial charge in [0.25, 0.3) is 0 Å². The average Bonchev–Trinajstić information content (AvgIpc) is 3.13. The van der Waals surface area contributed by atoms with Gasteiger partial charge in [-0.05, 0) is 54.7 Å². The number of anilines is 1. The van der Waals surface area contributed by atoms with Crippen LogP contribution >= 0.6 is 0 Å². The molecule has 12 heteroatoms. The molecule has 0 aliphatic carbocycles. The molecule has 4 N–H and O–H groups in total. The molecule has 1 aromatic carbocycles. The second-order valence-corrected chi connectivity index (χ2v) is 8.90. The lowest BCUT2D eigenvalue weighted by molar-refractivity contribution is -0.286. The maximum atomic E-state index is 13.4. The zero-order valence-corrected chi connectivity index (χ0v) is 18.5. The molecule has 4 heterocycles. The Labute approximate surface area is 198 Å². The number of aromatic nitrogens is 1. The lowest BCUT2D eigenvalue weighted by Crippen LogP contribution is -2.70. The maximum absolute atomic E-state index is 13.4. The monoisotopic (exact) mass is 487 g/mol. The maximum Gasteiger partial charge on any atom is 0.586 e. The highest BCUT2D eigenvalue weighted by Gasteiger charge is 2.54. The van der Waals surface area contributed by atoms with Crippen LogP contribution in [-0.2, 0) is 16.0 Å². The van der Waals surface area contributed by atoms with Gasteiger partial charge < -0.3 is 25.8 Å². The number of nitrogens with two attached hydrogens (primary N) is 2. The van der Waals surface area contributed by atoms with Gasteiger partial charge in [0, 0.05) is 25.2 Å². The van der Waals surface area contributed by atoms with E-state index in [-0.39, 0.29) is 36.2 Å². The van der Waals surface area contributed by atoms with Crippen LogP contribution in [0.15, 0.2) is 36.5 Å². The van der Waals surface area contributed by atoms with E-state index in [1.54, 1.807) is 18.2 Å². The number of pyridine rings is 1. The number of rotatable bonds is 4. The predicted octanol–water partition coefficient (Wildman–Crippen LogP) is 1.84. The molecule has 1 unspecified atom stereocenters. The van der Waals surface area contributed by atoms with Crippen LogP contribution in [0, 0.1) is 5.92 Å². The number of carbonyl (C=O) groups excluding carboxylic acids is 3. The Hall–Kier alpha value is -3.96. The van der Waals surface area contributed by atoms with Crippen molar-refractivity contribution in [2.75, 3.05) is 18.8 Å². The number of hydrogen-bond donors (Lipinski definition) is 2. The lowest BCUT2D eigenvalue weighted by atomic mass is 9.82. The summed E-state index contributed by atoms with van der Waals surface area (Å²) in [4.78, 5) is 44.7. The number of benzene rings is 1. The first-order valence-electron chi connectivity index (χ1n) is 11.1. The summed E-state index contributed by atoms with van der Waals surface area (Å²) in [5.74, 6) is -2.03. The van der Waals surface area contributed by atoms with Gasteiger partial charge in [-0.15, -0.1) is 8.78 Å². The third-order valence-electron chi connectivity index (χ3n) is 6.60. The summed E-state index contributed by atoms with van der Waals surface area (Å²) in [5, 5.41) is 0. The highest BCUT2D eigenvalue weighted by atomic mass is 19.3. The molecule has 0 radical (unpaired) electrons. The van der Waals surface area contributed by atoms with Crippen LogP contribution in [0.4, 0.5) is 19.4 Å². The predicted molar refractivity (Wildman–Crippen MR) is 117 cm³/mol. The van der Waals surface area contributed by atoms with Crippen LogP contribution < -0.4 is 20.9 Å². The van der Waals surface area contributed by atoms with E-state index in [1.165, 1.54) is 23.2 Å². The Kier molecular flexibility index (Phi) is 5.45. The molecule has 0 saturated carbocycles. The van der Waals surface area contributed by atoms with Gasteiger partial charge in [-0.2, -0.15) is 0 Å². The molecular formula is C23H23F2N5O5. The van der Waals surface area contributed by atoms with Crippen LogP contribution in [0.25, 0.3) is 0 Å². The molecule has 1 aromatic heterocycles. The number of imide groups is 1. The summed E-state index contributed by atoms with van der Waals surface area (Å²) in [7, 11) is 0. The van der Waals surface area contributed by atoms with Gasteiger partial charge in [-0.1, -0.05) is 6.07 Å². The number of halogens is 2. The summed E-state index contributed by atoms with van der Waals surface area (Å²) in [5.41, 5.74) is 12.7. The number of urea groups is 1. The molecule has 0 bridgehead atoms. The van der Waals surface area contributed by atoms with Gasteiger partial charge in [0.2, 0.25) is 11.8 Å². The van der Waals surface area contributed by atoms with E-state index in [0.29, 0.717) is 30.5 Å². The summed E-state index contributed by atoms with van der Waals surface area (Å²) in [6.45, 7) is 0.633. The number of nitrogens with zero attached hydrogens (tertiary/aromatic N) is 3. The first-order chi connectivity index (χ1) is 16.6. The van der Waals surface area contributed by atoms with E-state index in [9.17, 15) is 23.2 Å². The van der Waals surface area contributed by atoms with E-state index in [2.05, 4.69) is 14.5 Å². The van der Waals surface area contributed by atoms with E-state index in [1.807, 2.05) is 0 Å². The first kappa shape index (κ1) is 22.8. The number of alkyl halides is 2. The SMILES string of the molecule is NC(=O)[C@@H]1[C@@H](Cc2ccnc(N)c2)C(=O)N1C(=O)N1CCCC(c2ccc3c(c2)OC(F)(F)O3)C1. The third-order valence-corrected chi connectivity index (χ3v) is 6.60. The summed E-state index contributed by atoms with van der Waals surface area (Å²) >= 11 is 0. The number of likely N-dealkylation sites (tertiary alicyclic amines) is 2. The molecule has 3 aliphatic heterocycles. The number of primary amides is 1. The van der Waals surface area contributed by atoms with Crippen molar-refractivity contribution in [2.45, 2.75) is 37.5 Å². The second-order valence-electron chi connectivity index (χ2n) is 8.90. The van der Waals surface area contributed by atoms with Crippen LogP contribution in [0.3, 0.4) is 0 Å². The van der Waals surface area contributed by atoms with Crippen molar-refractivity contribution in [3.05, 3.63) is 47.7 Å². The minimum Gasteiger partial charge on any atom is -0.395 e. The molecule has 3 atom stereocenters. The van der Waals surface area contributed by atoms with Crippen molar-refractivity contribution in [3.63, 3.8) is 0 Å². The molecule has 3 aliphatic rings. The fourth-order valence-corrected chi connectivity index (χ4v) is 4.96. The van der Waals surface area contributed by atoms with Crippen LogP contribution in [-0.4, -0.2) is 58.1 Å². The second kappa shape index (κ2) is 8.36. The van der Waals surface area contributed by atoms with Gasteiger partial charge in [0.15, 0.2) is 11.5 Å². The topological polar surface area (TPSA) is 141 Å². The van der Waals surface area contributed by atoms with Crippen LogP contribution in [0.5, 0.6) is 11.5 Å². The smallest absolute Gasteiger partial charge is 0.395 e. The number of hydrogen-bond acceptors (Lipinski definition) is 7. The standard InChI is InChI=1S/C23H23F2N5O5/c24-23(25)34-16-4-3-13(10-17(16)35-23)14-2-1-7-29(11-14)22(33)30-19(20(27)31)15(21(30)32)8-12-5-6-28-18(26)9-12/h3-6,9-10,14-15,19H,1-2,7-8,11H2,(H2,26,28)(H2,27,31)/t14?,15-,19+/m1/s1. The number of fused-ring (bicyclic) bond motifs is 1. The molecule has 184 valence electrons. The zero-order chi connectivity index (χ0) is 24.9. The fraction of sp³-hybridized carbons (Fsp3) is 0.391.